The highest BCUT2D eigenvalue weighted by atomic mass is 79.9. The normalized spacial score (nSPS) is 11.9. The van der Waals surface area contributed by atoms with Crippen molar-refractivity contribution in [3.05, 3.63) is 67.6 Å². The molecule has 4 nitrogen and oxygen atoms in total. The summed E-state index contributed by atoms with van der Waals surface area (Å²) in [6.07, 6.45) is -0.219. The molecule has 0 N–H and O–H groups in total. The summed E-state index contributed by atoms with van der Waals surface area (Å²) in [4.78, 5) is 10.3. The third kappa shape index (κ3) is 3.49. The van der Waals surface area contributed by atoms with E-state index in [1.807, 2.05) is 31.2 Å². The van der Waals surface area contributed by atoms with E-state index in [9.17, 15) is 10.1 Å². The number of nitrogens with zero attached hydrogens (tertiary/aromatic N) is 1. The van der Waals surface area contributed by atoms with Crippen LogP contribution in [0.4, 0.5) is 5.69 Å². The molecule has 0 saturated carbocycles. The molecule has 6 heteroatoms. The van der Waals surface area contributed by atoms with Crippen molar-refractivity contribution in [2.75, 3.05) is 0 Å². The summed E-state index contributed by atoms with van der Waals surface area (Å²) in [7, 11) is 0. The molecule has 0 spiro atoms. The van der Waals surface area contributed by atoms with E-state index in [4.69, 9.17) is 16.3 Å². The Balaban J connectivity index is 2.19. The van der Waals surface area contributed by atoms with Crippen LogP contribution in [0.2, 0.25) is 5.02 Å². The number of hydrogen-bond acceptors (Lipinski definition) is 3. The lowest BCUT2D eigenvalue weighted by molar-refractivity contribution is -0.384. The molecule has 0 amide bonds. The van der Waals surface area contributed by atoms with Crippen LogP contribution in [0.15, 0.2) is 46.9 Å². The van der Waals surface area contributed by atoms with E-state index < -0.39 is 4.92 Å². The van der Waals surface area contributed by atoms with Gasteiger partial charge in [-0.25, -0.2) is 0 Å². The fourth-order valence-electron chi connectivity index (χ4n) is 1.71. The summed E-state index contributed by atoms with van der Waals surface area (Å²) in [5, 5.41) is 10.9. The number of rotatable bonds is 4. The van der Waals surface area contributed by atoms with Gasteiger partial charge in [0, 0.05) is 4.47 Å². The van der Waals surface area contributed by atoms with Crippen molar-refractivity contribution in [3.63, 3.8) is 0 Å². The minimum Gasteiger partial charge on any atom is -0.486 e. The van der Waals surface area contributed by atoms with E-state index in [0.717, 1.165) is 10.0 Å². The molecule has 0 aliphatic rings. The first-order valence-corrected chi connectivity index (χ1v) is 7.00. The van der Waals surface area contributed by atoms with Crippen LogP contribution in [0, 0.1) is 10.1 Å². The van der Waals surface area contributed by atoms with Gasteiger partial charge in [-0.2, -0.15) is 0 Å². The van der Waals surface area contributed by atoms with Crippen LogP contribution in [0.25, 0.3) is 0 Å². The van der Waals surface area contributed by atoms with Crippen LogP contribution >= 0.6 is 27.5 Å². The van der Waals surface area contributed by atoms with Crippen LogP contribution in [-0.4, -0.2) is 4.92 Å². The second-order valence-corrected chi connectivity index (χ2v) is 5.50. The molecule has 0 heterocycles. The zero-order chi connectivity index (χ0) is 14.7. The Bertz CT molecular complexity index is 631. The average Bonchev–Trinajstić information content (AvgIpc) is 2.41. The van der Waals surface area contributed by atoms with E-state index in [2.05, 4.69) is 15.9 Å². The summed E-state index contributed by atoms with van der Waals surface area (Å²) in [6.45, 7) is 1.88. The highest BCUT2D eigenvalue weighted by molar-refractivity contribution is 9.10. The van der Waals surface area contributed by atoms with Gasteiger partial charge in [-0.3, -0.25) is 10.1 Å². The SMILES string of the molecule is C[C@@H](Oc1ccc(Cl)c([N+](=O)[O-])c1)c1ccc(Br)cc1. The molecule has 0 bridgehead atoms. The van der Waals surface area contributed by atoms with Gasteiger partial charge >= 0.3 is 0 Å². The van der Waals surface area contributed by atoms with Gasteiger partial charge in [0.1, 0.15) is 16.9 Å². The minimum atomic E-state index is -0.528. The van der Waals surface area contributed by atoms with Gasteiger partial charge in [-0.1, -0.05) is 39.7 Å². The molecule has 104 valence electrons. The van der Waals surface area contributed by atoms with Gasteiger partial charge < -0.3 is 4.74 Å². The Morgan fingerprint density at radius 2 is 1.90 bits per heavy atom. The van der Waals surface area contributed by atoms with Crippen LogP contribution in [0.3, 0.4) is 0 Å². The Kier molecular flexibility index (Phi) is 4.62. The van der Waals surface area contributed by atoms with Crippen molar-refractivity contribution in [1.82, 2.24) is 0 Å². The summed E-state index contributed by atoms with van der Waals surface area (Å²) in [5.74, 6) is 0.413. The maximum Gasteiger partial charge on any atom is 0.291 e. The van der Waals surface area contributed by atoms with E-state index >= 15 is 0 Å². The molecule has 2 aromatic carbocycles. The Labute approximate surface area is 129 Å². The molecule has 0 aliphatic heterocycles. The monoisotopic (exact) mass is 355 g/mol. The largest absolute Gasteiger partial charge is 0.486 e. The second kappa shape index (κ2) is 6.24. The minimum absolute atomic E-state index is 0.0960. The van der Waals surface area contributed by atoms with Crippen LogP contribution in [-0.2, 0) is 0 Å². The molecular weight excluding hydrogens is 346 g/mol. The molecule has 20 heavy (non-hydrogen) atoms. The van der Waals surface area contributed by atoms with Crippen LogP contribution in [0.5, 0.6) is 5.75 Å². The van der Waals surface area contributed by atoms with E-state index in [1.165, 1.54) is 12.1 Å². The fraction of sp³-hybridized carbons (Fsp3) is 0.143. The molecule has 1 atom stereocenters. The zero-order valence-electron chi connectivity index (χ0n) is 10.5. The van der Waals surface area contributed by atoms with Gasteiger partial charge in [0.2, 0.25) is 0 Å². The Morgan fingerprint density at radius 1 is 1.25 bits per heavy atom. The number of hydrogen-bond donors (Lipinski definition) is 0. The topological polar surface area (TPSA) is 52.4 Å². The van der Waals surface area contributed by atoms with Gasteiger partial charge in [-0.15, -0.1) is 0 Å². The molecular formula is C14H11BrClNO3. The lowest BCUT2D eigenvalue weighted by atomic mass is 10.1. The summed E-state index contributed by atoms with van der Waals surface area (Å²) in [5.41, 5.74) is 0.818. The van der Waals surface area contributed by atoms with Gasteiger partial charge in [0.05, 0.1) is 11.0 Å². The number of halogens is 2. The predicted octanol–water partition coefficient (Wildman–Crippen LogP) is 5.15. The van der Waals surface area contributed by atoms with E-state index in [1.54, 1.807) is 6.07 Å². The first-order valence-electron chi connectivity index (χ1n) is 5.83. The highest BCUT2D eigenvalue weighted by Gasteiger charge is 2.15. The van der Waals surface area contributed by atoms with Crippen molar-refractivity contribution in [2.45, 2.75) is 13.0 Å². The number of ether oxygens (including phenoxy) is 1. The second-order valence-electron chi connectivity index (χ2n) is 4.18. The number of benzene rings is 2. The Morgan fingerprint density at radius 3 is 2.50 bits per heavy atom. The van der Waals surface area contributed by atoms with Crippen molar-refractivity contribution < 1.29 is 9.66 Å². The molecule has 0 aliphatic carbocycles. The van der Waals surface area contributed by atoms with Crippen LogP contribution in [0.1, 0.15) is 18.6 Å². The van der Waals surface area contributed by atoms with Crippen molar-refractivity contribution in [1.29, 1.82) is 0 Å². The van der Waals surface area contributed by atoms with Crippen molar-refractivity contribution in [2.24, 2.45) is 0 Å². The van der Waals surface area contributed by atoms with Gasteiger partial charge in [-0.05, 0) is 36.8 Å². The van der Waals surface area contributed by atoms with Gasteiger partial charge in [0.25, 0.3) is 5.69 Å². The quantitative estimate of drug-likeness (QED) is 0.562. The molecule has 0 saturated heterocycles. The van der Waals surface area contributed by atoms with Crippen molar-refractivity contribution in [3.8, 4) is 5.75 Å². The molecule has 0 radical (unpaired) electrons. The number of nitro benzene ring substituents is 1. The van der Waals surface area contributed by atoms with E-state index in [-0.39, 0.29) is 16.8 Å². The smallest absolute Gasteiger partial charge is 0.291 e. The Hall–Kier alpha value is -1.59. The fourth-order valence-corrected chi connectivity index (χ4v) is 2.16. The summed E-state index contributed by atoms with van der Waals surface area (Å²) < 4.78 is 6.69. The lowest BCUT2D eigenvalue weighted by Crippen LogP contribution is -2.03. The molecule has 2 aromatic rings. The lowest BCUT2D eigenvalue weighted by Gasteiger charge is -2.15. The average molecular weight is 357 g/mol. The van der Waals surface area contributed by atoms with Crippen molar-refractivity contribution >= 4 is 33.2 Å². The van der Waals surface area contributed by atoms with E-state index in [0.29, 0.717) is 5.75 Å². The first kappa shape index (κ1) is 14.8. The maximum absolute atomic E-state index is 10.8. The summed E-state index contributed by atoms with van der Waals surface area (Å²) >= 11 is 9.12. The molecule has 0 fully saturated rings. The molecule has 2 rings (SSSR count). The standard InChI is InChI=1S/C14H11BrClNO3/c1-9(10-2-4-11(15)5-3-10)20-12-6-7-13(16)14(8-12)17(18)19/h2-9H,1H3/t9-/m1/s1. The third-order valence-corrected chi connectivity index (χ3v) is 3.61. The predicted molar refractivity (Wildman–Crippen MR) is 81.3 cm³/mol. The first-order chi connectivity index (χ1) is 9.47. The van der Waals surface area contributed by atoms with Crippen LogP contribution < -0.4 is 4.74 Å². The zero-order valence-corrected chi connectivity index (χ0v) is 12.9. The number of nitro groups is 1. The summed E-state index contributed by atoms with van der Waals surface area (Å²) in [6, 6.07) is 12.1. The highest BCUT2D eigenvalue weighted by Crippen LogP contribution is 2.31. The molecule has 0 aromatic heterocycles. The maximum atomic E-state index is 10.8. The molecule has 0 unspecified atom stereocenters. The third-order valence-electron chi connectivity index (χ3n) is 2.77. The van der Waals surface area contributed by atoms with Gasteiger partial charge in [0.15, 0.2) is 0 Å².